The number of hydrogen-bond acceptors (Lipinski definition) is 3. The Balaban J connectivity index is 2.13. The van der Waals surface area contributed by atoms with Gasteiger partial charge in [-0.2, -0.15) is 0 Å². The van der Waals surface area contributed by atoms with Crippen LogP contribution in [-0.4, -0.2) is 23.1 Å². The molecule has 1 fully saturated rings. The lowest BCUT2D eigenvalue weighted by Gasteiger charge is -2.39. The molecule has 0 N–H and O–H groups in total. The molecule has 1 aliphatic heterocycles. The van der Waals surface area contributed by atoms with Crippen molar-refractivity contribution in [2.45, 2.75) is 40.0 Å². The summed E-state index contributed by atoms with van der Waals surface area (Å²) in [6.07, 6.45) is 5.26. The summed E-state index contributed by atoms with van der Waals surface area (Å²) in [5, 5.41) is 0.568. The van der Waals surface area contributed by atoms with Gasteiger partial charge in [0.1, 0.15) is 17.3 Å². The van der Waals surface area contributed by atoms with Gasteiger partial charge in [-0.3, -0.25) is 0 Å². The minimum Gasteiger partial charge on any atom is -0.356 e. The van der Waals surface area contributed by atoms with E-state index in [0.717, 1.165) is 24.5 Å². The molecule has 1 aromatic rings. The van der Waals surface area contributed by atoms with E-state index in [1.807, 2.05) is 6.92 Å². The Morgan fingerprint density at radius 2 is 2.00 bits per heavy atom. The van der Waals surface area contributed by atoms with E-state index in [2.05, 4.69) is 28.7 Å². The van der Waals surface area contributed by atoms with Crippen molar-refractivity contribution in [2.24, 2.45) is 5.41 Å². The van der Waals surface area contributed by atoms with Crippen molar-refractivity contribution in [1.29, 1.82) is 0 Å². The molecule has 1 aliphatic rings. The van der Waals surface area contributed by atoms with Gasteiger partial charge >= 0.3 is 0 Å². The predicted octanol–water partition coefficient (Wildman–Crippen LogP) is 3.45. The first-order valence-electron chi connectivity index (χ1n) is 6.28. The summed E-state index contributed by atoms with van der Waals surface area (Å²) in [7, 11) is 0. The lowest BCUT2D eigenvalue weighted by atomic mass is 9.78. The van der Waals surface area contributed by atoms with Crippen molar-refractivity contribution < 1.29 is 0 Å². The molecule has 3 nitrogen and oxygen atoms in total. The molecule has 2 rings (SSSR count). The van der Waals surface area contributed by atoms with Crippen LogP contribution in [0.4, 0.5) is 5.82 Å². The van der Waals surface area contributed by atoms with Crippen molar-refractivity contribution in [3.8, 4) is 0 Å². The summed E-state index contributed by atoms with van der Waals surface area (Å²) in [5.41, 5.74) is 1.50. The number of hydrogen-bond donors (Lipinski definition) is 0. The molecular weight excluding hydrogens is 234 g/mol. The summed E-state index contributed by atoms with van der Waals surface area (Å²) in [6, 6.07) is 0. The molecule has 0 aliphatic carbocycles. The Hall–Kier alpha value is -0.830. The minimum absolute atomic E-state index is 0.501. The average Bonchev–Trinajstić information content (AvgIpc) is 2.34. The number of piperidine rings is 1. The van der Waals surface area contributed by atoms with Crippen LogP contribution in [0.2, 0.25) is 5.15 Å². The Morgan fingerprint density at radius 1 is 1.35 bits per heavy atom. The highest BCUT2D eigenvalue weighted by atomic mass is 35.5. The molecule has 4 heteroatoms. The van der Waals surface area contributed by atoms with Gasteiger partial charge < -0.3 is 4.90 Å². The number of aromatic nitrogens is 2. The van der Waals surface area contributed by atoms with Crippen LogP contribution in [0.25, 0.3) is 0 Å². The normalized spacial score (nSPS) is 19.4. The van der Waals surface area contributed by atoms with Crippen LogP contribution in [0.15, 0.2) is 6.33 Å². The predicted molar refractivity (Wildman–Crippen MR) is 71.6 cm³/mol. The van der Waals surface area contributed by atoms with Crippen molar-refractivity contribution in [3.05, 3.63) is 17.0 Å². The fourth-order valence-corrected chi connectivity index (χ4v) is 2.48. The molecule has 0 spiro atoms. The highest BCUT2D eigenvalue weighted by molar-refractivity contribution is 6.30. The second kappa shape index (κ2) is 4.81. The number of halogens is 1. The van der Waals surface area contributed by atoms with Crippen LogP contribution in [-0.2, 0) is 0 Å². The van der Waals surface area contributed by atoms with Crippen LogP contribution in [0.5, 0.6) is 0 Å². The molecule has 17 heavy (non-hydrogen) atoms. The average molecular weight is 254 g/mol. The van der Waals surface area contributed by atoms with Crippen molar-refractivity contribution >= 4 is 17.4 Å². The van der Waals surface area contributed by atoms with Crippen LogP contribution in [0, 0.1) is 12.3 Å². The van der Waals surface area contributed by atoms with Gasteiger partial charge in [0.05, 0.1) is 0 Å². The molecule has 0 atom stereocenters. The van der Waals surface area contributed by atoms with Gasteiger partial charge in [-0.15, -0.1) is 0 Å². The fourth-order valence-electron chi connectivity index (χ4n) is 2.35. The lowest BCUT2D eigenvalue weighted by Crippen LogP contribution is -2.39. The summed E-state index contributed by atoms with van der Waals surface area (Å²) < 4.78 is 0. The molecular formula is C13H20ClN3. The minimum atomic E-state index is 0.501. The molecule has 94 valence electrons. The third-order valence-electron chi connectivity index (χ3n) is 4.12. The molecule has 0 amide bonds. The van der Waals surface area contributed by atoms with Crippen LogP contribution >= 0.6 is 11.6 Å². The molecule has 0 bridgehead atoms. The van der Waals surface area contributed by atoms with Gasteiger partial charge in [0, 0.05) is 18.7 Å². The largest absolute Gasteiger partial charge is 0.356 e. The van der Waals surface area contributed by atoms with Crippen LogP contribution < -0.4 is 4.90 Å². The van der Waals surface area contributed by atoms with E-state index < -0.39 is 0 Å². The molecule has 0 aromatic carbocycles. The standard InChI is InChI=1S/C13H20ClN3/c1-4-13(3)5-7-17(8-6-13)12-10(2)11(14)15-9-16-12/h9H,4-8H2,1-3H3. The van der Waals surface area contributed by atoms with Crippen molar-refractivity contribution in [2.75, 3.05) is 18.0 Å². The second-order valence-electron chi connectivity index (χ2n) is 5.26. The first-order valence-corrected chi connectivity index (χ1v) is 6.65. The third-order valence-corrected chi connectivity index (χ3v) is 4.50. The zero-order valence-corrected chi connectivity index (χ0v) is 11.6. The van der Waals surface area contributed by atoms with E-state index in [0.29, 0.717) is 10.6 Å². The van der Waals surface area contributed by atoms with E-state index in [-0.39, 0.29) is 0 Å². The molecule has 2 heterocycles. The fraction of sp³-hybridized carbons (Fsp3) is 0.692. The molecule has 1 saturated heterocycles. The SMILES string of the molecule is CCC1(C)CCN(c2ncnc(Cl)c2C)CC1. The van der Waals surface area contributed by atoms with Gasteiger partial charge in [-0.05, 0) is 25.2 Å². The Morgan fingerprint density at radius 3 is 2.59 bits per heavy atom. The van der Waals surface area contributed by atoms with Gasteiger partial charge in [0.2, 0.25) is 0 Å². The van der Waals surface area contributed by atoms with Crippen molar-refractivity contribution in [1.82, 2.24) is 9.97 Å². The van der Waals surface area contributed by atoms with E-state index in [9.17, 15) is 0 Å². The monoisotopic (exact) mass is 253 g/mol. The van der Waals surface area contributed by atoms with Crippen LogP contribution in [0.3, 0.4) is 0 Å². The zero-order valence-electron chi connectivity index (χ0n) is 10.8. The summed E-state index contributed by atoms with van der Waals surface area (Å²) in [5.74, 6) is 1.00. The van der Waals surface area contributed by atoms with E-state index in [1.165, 1.54) is 19.3 Å². The Kier molecular flexibility index (Phi) is 3.57. The lowest BCUT2D eigenvalue weighted by molar-refractivity contribution is 0.237. The molecule has 1 aromatic heterocycles. The highest BCUT2D eigenvalue weighted by Crippen LogP contribution is 2.36. The Labute approximate surface area is 108 Å². The molecule has 0 unspecified atom stereocenters. The summed E-state index contributed by atoms with van der Waals surface area (Å²) >= 11 is 6.04. The van der Waals surface area contributed by atoms with Gasteiger partial charge in [-0.25, -0.2) is 9.97 Å². The molecule has 0 radical (unpaired) electrons. The van der Waals surface area contributed by atoms with E-state index >= 15 is 0 Å². The summed E-state index contributed by atoms with van der Waals surface area (Å²) in [4.78, 5) is 10.7. The quantitative estimate of drug-likeness (QED) is 0.756. The smallest absolute Gasteiger partial charge is 0.137 e. The number of rotatable bonds is 2. The van der Waals surface area contributed by atoms with Gasteiger partial charge in [0.15, 0.2) is 0 Å². The zero-order chi connectivity index (χ0) is 12.5. The van der Waals surface area contributed by atoms with Gasteiger partial charge in [-0.1, -0.05) is 31.9 Å². The first kappa shape index (κ1) is 12.6. The van der Waals surface area contributed by atoms with Crippen molar-refractivity contribution in [3.63, 3.8) is 0 Å². The summed E-state index contributed by atoms with van der Waals surface area (Å²) in [6.45, 7) is 8.79. The first-order chi connectivity index (χ1) is 8.06. The maximum Gasteiger partial charge on any atom is 0.137 e. The highest BCUT2D eigenvalue weighted by Gasteiger charge is 2.29. The number of anilines is 1. The van der Waals surface area contributed by atoms with Gasteiger partial charge in [0.25, 0.3) is 0 Å². The molecule has 0 saturated carbocycles. The maximum absolute atomic E-state index is 6.04. The number of nitrogens with zero attached hydrogens (tertiary/aromatic N) is 3. The van der Waals surface area contributed by atoms with Crippen LogP contribution in [0.1, 0.15) is 38.7 Å². The topological polar surface area (TPSA) is 29.0 Å². The third kappa shape index (κ3) is 2.54. The maximum atomic E-state index is 6.04. The van der Waals surface area contributed by atoms with E-state index in [4.69, 9.17) is 11.6 Å². The second-order valence-corrected chi connectivity index (χ2v) is 5.62. The van der Waals surface area contributed by atoms with E-state index in [1.54, 1.807) is 6.33 Å². The Bertz CT molecular complexity index is 398.